The molecule has 0 heterocycles. The van der Waals surface area contributed by atoms with Crippen LogP contribution in [-0.2, 0) is 4.79 Å². The van der Waals surface area contributed by atoms with Crippen molar-refractivity contribution in [1.82, 2.24) is 0 Å². The number of aliphatic hydroxyl groups excluding tert-OH is 1. The largest absolute Gasteiger partial charge is 0.494 e. The van der Waals surface area contributed by atoms with Crippen LogP contribution in [0.15, 0.2) is 42.5 Å². The monoisotopic (exact) mass is 318 g/mol. The molecule has 0 aliphatic carbocycles. The van der Waals surface area contributed by atoms with Crippen LogP contribution >= 0.6 is 0 Å². The summed E-state index contributed by atoms with van der Waals surface area (Å²) in [5.74, 6) is -2.33. The van der Waals surface area contributed by atoms with E-state index in [1.165, 1.54) is 13.2 Å². The molecule has 0 amide bonds. The second-order valence-electron chi connectivity index (χ2n) is 5.26. The molecule has 2 N–H and O–H groups in total. The summed E-state index contributed by atoms with van der Waals surface area (Å²) in [7, 11) is 1.40. The molecule has 2 aromatic rings. The maximum atomic E-state index is 13.8. The quantitative estimate of drug-likeness (QED) is 0.856. The Morgan fingerprint density at radius 2 is 1.78 bits per heavy atom. The predicted octanol–water partition coefficient (Wildman–Crippen LogP) is 3.44. The number of benzene rings is 2. The van der Waals surface area contributed by atoms with Crippen molar-refractivity contribution in [1.29, 1.82) is 0 Å². The lowest BCUT2D eigenvalue weighted by Gasteiger charge is -2.18. The summed E-state index contributed by atoms with van der Waals surface area (Å²) in [5, 5.41) is 19.2. The number of aliphatic carboxylic acids is 1. The first-order chi connectivity index (χ1) is 11.0. The molecule has 0 saturated heterocycles. The fourth-order valence-electron chi connectivity index (χ4n) is 2.49. The fraction of sp³-hybridized carbons (Fsp3) is 0.278. The van der Waals surface area contributed by atoms with Crippen molar-refractivity contribution in [3.05, 3.63) is 53.8 Å². The van der Waals surface area contributed by atoms with E-state index in [0.29, 0.717) is 17.5 Å². The predicted molar refractivity (Wildman–Crippen MR) is 85.1 cm³/mol. The van der Waals surface area contributed by atoms with Crippen LogP contribution in [0.25, 0.3) is 11.1 Å². The molecule has 0 bridgehead atoms. The maximum Gasteiger partial charge on any atom is 0.313 e. The summed E-state index contributed by atoms with van der Waals surface area (Å²) in [5.41, 5.74) is 1.94. The number of carboxylic acid groups (broad SMARTS) is 1. The molecule has 0 spiro atoms. The van der Waals surface area contributed by atoms with Crippen LogP contribution in [0.3, 0.4) is 0 Å². The lowest BCUT2D eigenvalue weighted by Crippen LogP contribution is -2.25. The van der Waals surface area contributed by atoms with E-state index in [9.17, 15) is 19.4 Å². The summed E-state index contributed by atoms with van der Waals surface area (Å²) in [6, 6.07) is 11.4. The highest BCUT2D eigenvalue weighted by atomic mass is 19.1. The van der Waals surface area contributed by atoms with Crippen LogP contribution in [0, 0.1) is 5.82 Å². The number of hydrogen-bond donors (Lipinski definition) is 2. The Balaban J connectivity index is 2.31. The minimum absolute atomic E-state index is 0.169. The molecule has 0 radical (unpaired) electrons. The van der Waals surface area contributed by atoms with Crippen molar-refractivity contribution >= 4 is 5.97 Å². The molecule has 5 heteroatoms. The van der Waals surface area contributed by atoms with Crippen molar-refractivity contribution in [3.63, 3.8) is 0 Å². The van der Waals surface area contributed by atoms with E-state index in [1.807, 2.05) is 0 Å². The number of carboxylic acids is 1. The Hall–Kier alpha value is -2.40. The van der Waals surface area contributed by atoms with Gasteiger partial charge in [0.1, 0.15) is 5.92 Å². The second-order valence-corrected chi connectivity index (χ2v) is 5.26. The molecule has 2 unspecified atom stereocenters. The van der Waals surface area contributed by atoms with Gasteiger partial charge in [-0.2, -0.15) is 0 Å². The van der Waals surface area contributed by atoms with Gasteiger partial charge in [-0.3, -0.25) is 4.79 Å². The van der Waals surface area contributed by atoms with Crippen LogP contribution < -0.4 is 4.74 Å². The van der Waals surface area contributed by atoms with E-state index in [-0.39, 0.29) is 5.75 Å². The molecule has 4 nitrogen and oxygen atoms in total. The molecular formula is C18H19FO4. The highest BCUT2D eigenvalue weighted by Gasteiger charge is 2.26. The fourth-order valence-corrected chi connectivity index (χ4v) is 2.49. The second kappa shape index (κ2) is 7.24. The summed E-state index contributed by atoms with van der Waals surface area (Å²) in [6.07, 6.45) is -0.598. The van der Waals surface area contributed by atoms with E-state index in [1.54, 1.807) is 43.3 Å². The maximum absolute atomic E-state index is 13.8. The van der Waals surface area contributed by atoms with E-state index >= 15 is 0 Å². The van der Waals surface area contributed by atoms with Crippen molar-refractivity contribution in [2.45, 2.75) is 25.4 Å². The van der Waals surface area contributed by atoms with E-state index in [0.717, 1.165) is 5.56 Å². The Kier molecular flexibility index (Phi) is 5.34. The van der Waals surface area contributed by atoms with Gasteiger partial charge >= 0.3 is 5.97 Å². The van der Waals surface area contributed by atoms with Gasteiger partial charge in [0.15, 0.2) is 11.6 Å². The normalized spacial score (nSPS) is 13.4. The molecule has 2 rings (SSSR count). The first kappa shape index (κ1) is 17.0. The zero-order chi connectivity index (χ0) is 17.0. The van der Waals surface area contributed by atoms with Crippen molar-refractivity contribution in [3.8, 4) is 16.9 Å². The third-order valence-corrected chi connectivity index (χ3v) is 3.82. The Bertz CT molecular complexity index is 682. The van der Waals surface area contributed by atoms with Gasteiger partial charge in [-0.15, -0.1) is 0 Å². The van der Waals surface area contributed by atoms with Gasteiger partial charge in [0.05, 0.1) is 13.2 Å². The highest BCUT2D eigenvalue weighted by Crippen LogP contribution is 2.28. The number of hydrogen-bond acceptors (Lipinski definition) is 3. The molecule has 2 aromatic carbocycles. The lowest BCUT2D eigenvalue weighted by molar-refractivity contribution is -0.141. The zero-order valence-corrected chi connectivity index (χ0v) is 13.0. The van der Waals surface area contributed by atoms with E-state index in [4.69, 9.17) is 4.74 Å². The van der Waals surface area contributed by atoms with Crippen molar-refractivity contribution < 1.29 is 24.1 Å². The molecule has 122 valence electrons. The summed E-state index contributed by atoms with van der Waals surface area (Å²) < 4.78 is 18.6. The Morgan fingerprint density at radius 3 is 2.26 bits per heavy atom. The van der Waals surface area contributed by atoms with Crippen LogP contribution in [-0.4, -0.2) is 29.4 Å². The molecular weight excluding hydrogens is 299 g/mol. The van der Waals surface area contributed by atoms with Gasteiger partial charge in [0, 0.05) is 0 Å². The molecule has 2 atom stereocenters. The number of halogens is 1. The Morgan fingerprint density at radius 1 is 1.17 bits per heavy atom. The molecule has 0 fully saturated rings. The van der Waals surface area contributed by atoms with Crippen LogP contribution in [0.1, 0.15) is 24.8 Å². The van der Waals surface area contributed by atoms with Crippen molar-refractivity contribution in [2.24, 2.45) is 0 Å². The number of ether oxygens (including phenoxy) is 1. The number of carbonyl (C=O) groups is 1. The van der Waals surface area contributed by atoms with E-state index < -0.39 is 23.8 Å². The Labute approximate surface area is 134 Å². The molecule has 23 heavy (non-hydrogen) atoms. The topological polar surface area (TPSA) is 66.8 Å². The van der Waals surface area contributed by atoms with Gasteiger partial charge in [-0.25, -0.2) is 4.39 Å². The van der Waals surface area contributed by atoms with Gasteiger partial charge in [0.2, 0.25) is 0 Å². The van der Waals surface area contributed by atoms with Crippen LogP contribution in [0.2, 0.25) is 0 Å². The zero-order valence-electron chi connectivity index (χ0n) is 13.0. The summed E-state index contributed by atoms with van der Waals surface area (Å²) >= 11 is 0. The van der Waals surface area contributed by atoms with Gasteiger partial charge in [0.25, 0.3) is 0 Å². The number of rotatable bonds is 6. The number of aliphatic hydroxyl groups is 1. The lowest BCUT2D eigenvalue weighted by atomic mass is 9.90. The SMILES string of the molecule is CCC(O)C(C(=O)O)c1ccc(-c2ccc(OC)c(F)c2)cc1. The molecule has 0 aliphatic rings. The highest BCUT2D eigenvalue weighted by molar-refractivity contribution is 5.77. The van der Waals surface area contributed by atoms with Gasteiger partial charge in [-0.05, 0) is 35.2 Å². The third-order valence-electron chi connectivity index (χ3n) is 3.82. The van der Waals surface area contributed by atoms with Gasteiger partial charge in [-0.1, -0.05) is 37.3 Å². The first-order valence-corrected chi connectivity index (χ1v) is 7.32. The number of methoxy groups -OCH3 is 1. The van der Waals surface area contributed by atoms with Gasteiger partial charge < -0.3 is 14.9 Å². The third kappa shape index (κ3) is 3.68. The average molecular weight is 318 g/mol. The summed E-state index contributed by atoms with van der Waals surface area (Å²) in [6.45, 7) is 1.73. The smallest absolute Gasteiger partial charge is 0.313 e. The standard InChI is InChI=1S/C18H19FO4/c1-3-15(20)17(18(21)22)12-6-4-11(5-7-12)13-8-9-16(23-2)14(19)10-13/h4-10,15,17,20H,3H2,1-2H3,(H,21,22). The minimum Gasteiger partial charge on any atom is -0.494 e. The average Bonchev–Trinajstić information content (AvgIpc) is 2.55. The van der Waals surface area contributed by atoms with E-state index in [2.05, 4.69) is 0 Å². The first-order valence-electron chi connectivity index (χ1n) is 7.32. The minimum atomic E-state index is -1.07. The van der Waals surface area contributed by atoms with Crippen molar-refractivity contribution in [2.75, 3.05) is 7.11 Å². The van der Waals surface area contributed by atoms with Crippen LogP contribution in [0.4, 0.5) is 4.39 Å². The molecule has 0 aromatic heterocycles. The molecule has 0 saturated carbocycles. The van der Waals surface area contributed by atoms with Crippen LogP contribution in [0.5, 0.6) is 5.75 Å². The molecule has 0 aliphatic heterocycles. The summed E-state index contributed by atoms with van der Waals surface area (Å²) in [4.78, 5) is 11.3.